The van der Waals surface area contributed by atoms with Gasteiger partial charge in [-0.15, -0.1) is 0 Å². The van der Waals surface area contributed by atoms with Crippen LogP contribution in [0.5, 0.6) is 5.75 Å². The minimum atomic E-state index is -0.920. The summed E-state index contributed by atoms with van der Waals surface area (Å²) >= 11 is 0. The summed E-state index contributed by atoms with van der Waals surface area (Å²) < 4.78 is 0. The van der Waals surface area contributed by atoms with Crippen molar-refractivity contribution in [2.45, 2.75) is 12.5 Å². The highest BCUT2D eigenvalue weighted by atomic mass is 16.4. The quantitative estimate of drug-likeness (QED) is 0.496. The van der Waals surface area contributed by atoms with E-state index in [2.05, 4.69) is 14.9 Å². The molecule has 1 unspecified atom stereocenters. The molecule has 2 aromatic heterocycles. The normalized spacial score (nSPS) is 16.2. The molecule has 33 heavy (non-hydrogen) atoms. The third kappa shape index (κ3) is 4.15. The van der Waals surface area contributed by atoms with Gasteiger partial charge in [-0.05, 0) is 48.4 Å². The van der Waals surface area contributed by atoms with Crippen molar-refractivity contribution in [1.82, 2.24) is 19.9 Å². The lowest BCUT2D eigenvalue weighted by Gasteiger charge is -2.41. The van der Waals surface area contributed by atoms with Crippen molar-refractivity contribution in [2.75, 3.05) is 24.5 Å². The molecule has 1 atom stereocenters. The largest absolute Gasteiger partial charge is 0.507 e. The van der Waals surface area contributed by atoms with Crippen LogP contribution in [0.4, 0.5) is 10.6 Å². The first-order valence-corrected chi connectivity index (χ1v) is 10.8. The molecule has 1 aliphatic heterocycles. The van der Waals surface area contributed by atoms with Crippen molar-refractivity contribution in [2.24, 2.45) is 0 Å². The molecular formula is C25H23N5O3. The molecule has 0 saturated carbocycles. The summed E-state index contributed by atoms with van der Waals surface area (Å²) in [6.45, 7) is 1.38. The van der Waals surface area contributed by atoms with Crippen molar-refractivity contribution in [3.05, 3.63) is 78.6 Å². The lowest BCUT2D eigenvalue weighted by Crippen LogP contribution is -2.56. The fraction of sp³-hybridized carbons (Fsp3) is 0.200. The number of carboxylic acid groups (broad SMARTS) is 1. The second kappa shape index (κ2) is 8.74. The second-order valence-corrected chi connectivity index (χ2v) is 8.04. The zero-order valence-electron chi connectivity index (χ0n) is 17.9. The number of hydrogen-bond acceptors (Lipinski definition) is 6. The topological polar surface area (TPSA) is 103 Å². The van der Waals surface area contributed by atoms with Crippen LogP contribution in [-0.4, -0.2) is 61.8 Å². The summed E-state index contributed by atoms with van der Waals surface area (Å²) in [4.78, 5) is 29.1. The predicted molar refractivity (Wildman–Crippen MR) is 125 cm³/mol. The van der Waals surface area contributed by atoms with E-state index in [4.69, 9.17) is 4.98 Å². The van der Waals surface area contributed by atoms with E-state index in [-0.39, 0.29) is 11.8 Å². The number of aromatic nitrogens is 3. The monoisotopic (exact) mass is 441 g/mol. The first-order valence-electron chi connectivity index (χ1n) is 10.8. The molecule has 0 radical (unpaired) electrons. The Bertz CT molecular complexity index is 1300. The summed E-state index contributed by atoms with van der Waals surface area (Å²) in [7, 11) is 0. The van der Waals surface area contributed by atoms with Crippen LogP contribution in [0.1, 0.15) is 5.56 Å². The number of benzene rings is 2. The fourth-order valence-electron chi connectivity index (χ4n) is 4.35. The van der Waals surface area contributed by atoms with Crippen LogP contribution in [0.25, 0.3) is 22.3 Å². The van der Waals surface area contributed by atoms with Crippen molar-refractivity contribution >= 4 is 22.8 Å². The van der Waals surface area contributed by atoms with Gasteiger partial charge in [0, 0.05) is 37.4 Å². The van der Waals surface area contributed by atoms with E-state index < -0.39 is 6.09 Å². The van der Waals surface area contributed by atoms with Crippen LogP contribution in [0.15, 0.2) is 73.1 Å². The smallest absolute Gasteiger partial charge is 0.407 e. The number of amides is 1. The van der Waals surface area contributed by atoms with Crippen molar-refractivity contribution in [1.29, 1.82) is 0 Å². The molecule has 0 spiro atoms. The first-order chi connectivity index (χ1) is 16.1. The Kier molecular flexibility index (Phi) is 5.48. The fourth-order valence-corrected chi connectivity index (χ4v) is 4.35. The molecule has 5 rings (SSSR count). The van der Waals surface area contributed by atoms with Gasteiger partial charge < -0.3 is 20.0 Å². The van der Waals surface area contributed by atoms with Crippen LogP contribution >= 0.6 is 0 Å². The van der Waals surface area contributed by atoms with E-state index in [1.54, 1.807) is 30.6 Å². The molecule has 1 saturated heterocycles. The second-order valence-electron chi connectivity index (χ2n) is 8.04. The number of nitrogens with zero attached hydrogens (tertiary/aromatic N) is 5. The number of rotatable bonds is 4. The Labute approximate surface area is 190 Å². The van der Waals surface area contributed by atoms with E-state index in [9.17, 15) is 15.0 Å². The minimum Gasteiger partial charge on any atom is -0.507 e. The van der Waals surface area contributed by atoms with Gasteiger partial charge in [0.05, 0.1) is 17.1 Å². The molecule has 0 aliphatic carbocycles. The standard InChI is InChI=1S/C25H23N5O3/c31-22-8-4-2-6-20(22)23-27-21-7-3-1-5-19(21)24(28-23)29-13-14-30(25(32)33)18(16-29)15-17-9-11-26-12-10-17/h1-12,18,31H,13-16H2,(H,32,33). The van der Waals surface area contributed by atoms with Crippen LogP contribution in [0.2, 0.25) is 0 Å². The van der Waals surface area contributed by atoms with Gasteiger partial charge in [-0.1, -0.05) is 24.3 Å². The lowest BCUT2D eigenvalue weighted by molar-refractivity contribution is 0.118. The van der Waals surface area contributed by atoms with Crippen molar-refractivity contribution in [3.63, 3.8) is 0 Å². The minimum absolute atomic E-state index is 0.116. The maximum absolute atomic E-state index is 11.9. The Balaban J connectivity index is 1.55. The number of phenols is 1. The van der Waals surface area contributed by atoms with Gasteiger partial charge in [-0.3, -0.25) is 4.98 Å². The van der Waals surface area contributed by atoms with Crippen molar-refractivity contribution in [3.8, 4) is 17.1 Å². The molecule has 1 aliphatic rings. The van der Waals surface area contributed by atoms with Gasteiger partial charge in [-0.2, -0.15) is 0 Å². The molecule has 1 amide bonds. The average Bonchev–Trinajstić information content (AvgIpc) is 2.84. The zero-order chi connectivity index (χ0) is 22.8. The molecule has 8 heteroatoms. The van der Waals surface area contributed by atoms with E-state index in [1.165, 1.54) is 4.90 Å². The third-order valence-corrected chi connectivity index (χ3v) is 5.98. The van der Waals surface area contributed by atoms with E-state index >= 15 is 0 Å². The Hall–Kier alpha value is -4.20. The molecule has 8 nitrogen and oxygen atoms in total. The summed E-state index contributed by atoms with van der Waals surface area (Å²) in [5, 5.41) is 21.0. The van der Waals surface area contributed by atoms with E-state index in [0.29, 0.717) is 37.4 Å². The number of carbonyl (C=O) groups is 1. The van der Waals surface area contributed by atoms with Gasteiger partial charge in [0.15, 0.2) is 5.82 Å². The summed E-state index contributed by atoms with van der Waals surface area (Å²) in [5.74, 6) is 1.29. The lowest BCUT2D eigenvalue weighted by atomic mass is 10.0. The van der Waals surface area contributed by atoms with Crippen molar-refractivity contribution < 1.29 is 15.0 Å². The molecule has 4 aromatic rings. The SMILES string of the molecule is O=C(O)N1CCN(c2nc(-c3ccccc3O)nc3ccccc23)CC1Cc1ccncc1. The number of aromatic hydroxyl groups is 1. The van der Waals surface area contributed by atoms with Crippen LogP contribution in [-0.2, 0) is 6.42 Å². The van der Waals surface area contributed by atoms with E-state index in [1.807, 2.05) is 42.5 Å². The number of pyridine rings is 1. The Morgan fingerprint density at radius 3 is 2.52 bits per heavy atom. The highest BCUT2D eigenvalue weighted by molar-refractivity contribution is 5.91. The third-order valence-electron chi connectivity index (χ3n) is 5.98. The predicted octanol–water partition coefficient (Wildman–Crippen LogP) is 3.81. The van der Waals surface area contributed by atoms with Gasteiger partial charge in [0.1, 0.15) is 11.6 Å². The number of anilines is 1. The molecule has 166 valence electrons. The van der Waals surface area contributed by atoms with Gasteiger partial charge >= 0.3 is 6.09 Å². The number of hydrogen-bond donors (Lipinski definition) is 2. The molecular weight excluding hydrogens is 418 g/mol. The van der Waals surface area contributed by atoms with Crippen LogP contribution in [0, 0.1) is 0 Å². The van der Waals surface area contributed by atoms with Gasteiger partial charge in [-0.25, -0.2) is 14.8 Å². The average molecular weight is 441 g/mol. The summed E-state index contributed by atoms with van der Waals surface area (Å²) in [6.07, 6.45) is 3.10. The summed E-state index contributed by atoms with van der Waals surface area (Å²) in [6, 6.07) is 18.3. The van der Waals surface area contributed by atoms with Crippen LogP contribution in [0.3, 0.4) is 0 Å². The number of phenolic OH excluding ortho intramolecular Hbond substituents is 1. The van der Waals surface area contributed by atoms with Crippen LogP contribution < -0.4 is 4.90 Å². The number of fused-ring (bicyclic) bond motifs is 1. The highest BCUT2D eigenvalue weighted by Gasteiger charge is 2.32. The Morgan fingerprint density at radius 2 is 1.73 bits per heavy atom. The summed E-state index contributed by atoms with van der Waals surface area (Å²) in [5.41, 5.74) is 2.36. The molecule has 3 heterocycles. The maximum atomic E-state index is 11.9. The van der Waals surface area contributed by atoms with Gasteiger partial charge in [0.2, 0.25) is 0 Å². The molecule has 2 N–H and O–H groups in total. The Morgan fingerprint density at radius 1 is 0.970 bits per heavy atom. The van der Waals surface area contributed by atoms with E-state index in [0.717, 1.165) is 22.3 Å². The number of piperazine rings is 1. The molecule has 0 bridgehead atoms. The highest BCUT2D eigenvalue weighted by Crippen LogP contribution is 2.32. The van der Waals surface area contributed by atoms with Gasteiger partial charge in [0.25, 0.3) is 0 Å². The zero-order valence-corrected chi connectivity index (χ0v) is 17.9. The maximum Gasteiger partial charge on any atom is 0.407 e. The first kappa shape index (κ1) is 20.7. The molecule has 2 aromatic carbocycles. The molecule has 1 fully saturated rings. The number of para-hydroxylation sites is 2.